The van der Waals surface area contributed by atoms with Gasteiger partial charge < -0.3 is 5.32 Å². The largest absolute Gasteiger partial charge is 0.349 e. The fourth-order valence-electron chi connectivity index (χ4n) is 1.86. The maximum Gasteiger partial charge on any atom is 0.252 e. The zero-order chi connectivity index (χ0) is 11.5. The van der Waals surface area contributed by atoms with Crippen molar-refractivity contribution in [1.82, 2.24) is 5.32 Å². The van der Waals surface area contributed by atoms with Crippen LogP contribution in [0, 0.1) is 19.3 Å². The molecule has 1 aromatic rings. The zero-order valence-electron chi connectivity index (χ0n) is 9.42. The number of aryl methyl sites for hydroxylation is 1. The van der Waals surface area contributed by atoms with Crippen LogP contribution in [-0.4, -0.2) is 11.9 Å². The Morgan fingerprint density at radius 1 is 1.50 bits per heavy atom. The fraction of sp³-hybridized carbons (Fsp3) is 0.357. The van der Waals surface area contributed by atoms with Crippen molar-refractivity contribution in [2.75, 3.05) is 0 Å². The monoisotopic (exact) mass is 213 g/mol. The van der Waals surface area contributed by atoms with Crippen LogP contribution < -0.4 is 5.32 Å². The standard InChI is InChI=1S/C14H15NO/c1-3-12-10(2)6-4-9-13(12)14(16)15-11-7-5-8-11/h1,4,6,9,11H,5,7-8H2,2H3,(H,15,16). The van der Waals surface area contributed by atoms with Gasteiger partial charge in [0.05, 0.1) is 5.56 Å². The van der Waals surface area contributed by atoms with Crippen molar-refractivity contribution in [3.63, 3.8) is 0 Å². The van der Waals surface area contributed by atoms with Crippen LogP contribution in [0.3, 0.4) is 0 Å². The quantitative estimate of drug-likeness (QED) is 0.750. The second kappa shape index (κ2) is 4.40. The Hall–Kier alpha value is -1.75. The van der Waals surface area contributed by atoms with Crippen molar-refractivity contribution in [2.45, 2.75) is 32.2 Å². The third-order valence-corrected chi connectivity index (χ3v) is 3.10. The van der Waals surface area contributed by atoms with Crippen LogP contribution in [0.2, 0.25) is 0 Å². The number of hydrogen-bond acceptors (Lipinski definition) is 1. The van der Waals surface area contributed by atoms with E-state index < -0.39 is 0 Å². The summed E-state index contributed by atoms with van der Waals surface area (Å²) in [7, 11) is 0. The van der Waals surface area contributed by atoms with Crippen LogP contribution in [0.15, 0.2) is 18.2 Å². The zero-order valence-corrected chi connectivity index (χ0v) is 9.42. The van der Waals surface area contributed by atoms with Crippen LogP contribution in [0.1, 0.15) is 40.7 Å². The molecule has 1 aliphatic carbocycles. The molecule has 0 unspecified atom stereocenters. The smallest absolute Gasteiger partial charge is 0.252 e. The van der Waals surface area contributed by atoms with E-state index in [1.54, 1.807) is 6.07 Å². The van der Waals surface area contributed by atoms with E-state index in [0.29, 0.717) is 17.2 Å². The number of hydrogen-bond donors (Lipinski definition) is 1. The minimum atomic E-state index is -0.0404. The molecule has 1 aliphatic rings. The summed E-state index contributed by atoms with van der Waals surface area (Å²) in [5, 5.41) is 3.00. The molecule has 0 aromatic heterocycles. The Morgan fingerprint density at radius 2 is 2.25 bits per heavy atom. The number of benzene rings is 1. The van der Waals surface area contributed by atoms with Crippen LogP contribution in [-0.2, 0) is 0 Å². The van der Waals surface area contributed by atoms with Gasteiger partial charge in [-0.05, 0) is 37.8 Å². The number of amides is 1. The molecule has 1 saturated carbocycles. The number of terminal acetylenes is 1. The lowest BCUT2D eigenvalue weighted by Crippen LogP contribution is -2.39. The first-order chi connectivity index (χ1) is 7.72. The maximum atomic E-state index is 12.0. The molecule has 0 saturated heterocycles. The molecule has 1 N–H and O–H groups in total. The van der Waals surface area contributed by atoms with Gasteiger partial charge in [0.25, 0.3) is 5.91 Å². The Bertz CT molecular complexity index is 452. The Kier molecular flexibility index (Phi) is 2.96. The van der Waals surface area contributed by atoms with Gasteiger partial charge in [-0.1, -0.05) is 18.1 Å². The van der Waals surface area contributed by atoms with Crippen molar-refractivity contribution >= 4 is 5.91 Å². The highest BCUT2D eigenvalue weighted by molar-refractivity contribution is 5.97. The molecule has 1 amide bonds. The van der Waals surface area contributed by atoms with Gasteiger partial charge in [-0.25, -0.2) is 0 Å². The highest BCUT2D eigenvalue weighted by atomic mass is 16.1. The van der Waals surface area contributed by atoms with Crippen molar-refractivity contribution in [1.29, 1.82) is 0 Å². The van der Waals surface area contributed by atoms with E-state index in [2.05, 4.69) is 11.2 Å². The van der Waals surface area contributed by atoms with Crippen molar-refractivity contribution < 1.29 is 4.79 Å². The lowest BCUT2D eigenvalue weighted by Gasteiger charge is -2.26. The third kappa shape index (κ3) is 1.94. The molecule has 2 heteroatoms. The van der Waals surface area contributed by atoms with Gasteiger partial charge in [0.2, 0.25) is 0 Å². The van der Waals surface area contributed by atoms with Gasteiger partial charge in [-0.2, -0.15) is 0 Å². The molecule has 2 rings (SSSR count). The number of nitrogens with one attached hydrogen (secondary N) is 1. The van der Waals surface area contributed by atoms with Gasteiger partial charge in [0.15, 0.2) is 0 Å². The van der Waals surface area contributed by atoms with Gasteiger partial charge in [0, 0.05) is 11.6 Å². The van der Waals surface area contributed by atoms with Crippen molar-refractivity contribution in [3.8, 4) is 12.3 Å². The van der Waals surface area contributed by atoms with E-state index in [9.17, 15) is 4.79 Å². The molecule has 2 nitrogen and oxygen atoms in total. The van der Waals surface area contributed by atoms with Crippen LogP contribution >= 0.6 is 0 Å². The Balaban J connectivity index is 2.22. The summed E-state index contributed by atoms with van der Waals surface area (Å²) in [4.78, 5) is 12.0. The van der Waals surface area contributed by atoms with Gasteiger partial charge in [-0.15, -0.1) is 6.42 Å². The summed E-state index contributed by atoms with van der Waals surface area (Å²) in [6.07, 6.45) is 8.82. The first-order valence-electron chi connectivity index (χ1n) is 5.59. The summed E-state index contributed by atoms with van der Waals surface area (Å²) in [6.45, 7) is 1.93. The number of carbonyl (C=O) groups excluding carboxylic acids is 1. The first-order valence-corrected chi connectivity index (χ1v) is 5.59. The van der Waals surface area contributed by atoms with Gasteiger partial charge in [0.1, 0.15) is 0 Å². The number of rotatable bonds is 2. The average Bonchev–Trinajstić information content (AvgIpc) is 2.22. The first kappa shape index (κ1) is 10.8. The molecule has 0 bridgehead atoms. The topological polar surface area (TPSA) is 29.1 Å². The molecular formula is C14H15NO. The predicted octanol–water partition coefficient (Wildman–Crippen LogP) is 2.26. The molecule has 0 atom stereocenters. The summed E-state index contributed by atoms with van der Waals surface area (Å²) in [5.74, 6) is 2.55. The number of carbonyl (C=O) groups is 1. The third-order valence-electron chi connectivity index (χ3n) is 3.10. The highest BCUT2D eigenvalue weighted by Gasteiger charge is 2.21. The normalized spacial score (nSPS) is 15.0. The molecule has 0 radical (unpaired) electrons. The minimum Gasteiger partial charge on any atom is -0.349 e. The minimum absolute atomic E-state index is 0.0404. The lowest BCUT2D eigenvalue weighted by atomic mass is 9.92. The van der Waals surface area contributed by atoms with E-state index in [4.69, 9.17) is 6.42 Å². The van der Waals surface area contributed by atoms with E-state index in [0.717, 1.165) is 18.4 Å². The summed E-state index contributed by atoms with van der Waals surface area (Å²) in [6, 6.07) is 5.93. The molecule has 82 valence electrons. The van der Waals surface area contributed by atoms with E-state index in [-0.39, 0.29) is 5.91 Å². The Morgan fingerprint density at radius 3 is 2.81 bits per heavy atom. The second-order valence-electron chi connectivity index (χ2n) is 4.24. The summed E-state index contributed by atoms with van der Waals surface area (Å²) >= 11 is 0. The molecule has 16 heavy (non-hydrogen) atoms. The lowest BCUT2D eigenvalue weighted by molar-refractivity contribution is 0.0916. The SMILES string of the molecule is C#Cc1c(C)cccc1C(=O)NC1CCC1. The average molecular weight is 213 g/mol. The van der Waals surface area contributed by atoms with Crippen LogP contribution in [0.5, 0.6) is 0 Å². The summed E-state index contributed by atoms with van der Waals surface area (Å²) in [5.41, 5.74) is 2.30. The van der Waals surface area contributed by atoms with Gasteiger partial charge in [-0.3, -0.25) is 4.79 Å². The van der Waals surface area contributed by atoms with Gasteiger partial charge >= 0.3 is 0 Å². The van der Waals surface area contributed by atoms with E-state index >= 15 is 0 Å². The molecule has 0 aliphatic heterocycles. The Labute approximate surface area is 96.1 Å². The molecule has 0 spiro atoms. The molecule has 1 fully saturated rings. The van der Waals surface area contributed by atoms with Crippen LogP contribution in [0.25, 0.3) is 0 Å². The second-order valence-corrected chi connectivity index (χ2v) is 4.24. The summed E-state index contributed by atoms with van der Waals surface area (Å²) < 4.78 is 0. The molecule has 0 heterocycles. The van der Waals surface area contributed by atoms with E-state index in [1.165, 1.54) is 6.42 Å². The predicted molar refractivity (Wildman–Crippen MR) is 64.2 cm³/mol. The maximum absolute atomic E-state index is 12.0. The van der Waals surface area contributed by atoms with E-state index in [1.807, 2.05) is 19.1 Å². The molecular weight excluding hydrogens is 198 g/mol. The van der Waals surface area contributed by atoms with Crippen LogP contribution in [0.4, 0.5) is 0 Å². The molecule has 1 aromatic carbocycles. The highest BCUT2D eigenvalue weighted by Crippen LogP contribution is 2.19. The van der Waals surface area contributed by atoms with Crippen molar-refractivity contribution in [3.05, 3.63) is 34.9 Å². The van der Waals surface area contributed by atoms with Crippen molar-refractivity contribution in [2.24, 2.45) is 0 Å². The fourth-order valence-corrected chi connectivity index (χ4v) is 1.86.